The van der Waals surface area contributed by atoms with E-state index in [-0.39, 0.29) is 11.8 Å². The molecule has 0 saturated carbocycles. The lowest BCUT2D eigenvalue weighted by atomic mass is 10.1. The van der Waals surface area contributed by atoms with Gasteiger partial charge < -0.3 is 18.6 Å². The second-order valence-electron chi connectivity index (χ2n) is 9.80. The van der Waals surface area contributed by atoms with Crippen LogP contribution in [-0.4, -0.2) is 35.7 Å². The summed E-state index contributed by atoms with van der Waals surface area (Å²) in [4.78, 5) is 34.0. The van der Waals surface area contributed by atoms with Crippen molar-refractivity contribution < 1.29 is 18.4 Å². The van der Waals surface area contributed by atoms with E-state index in [1.165, 1.54) is 22.7 Å². The van der Waals surface area contributed by atoms with E-state index in [0.717, 1.165) is 53.0 Å². The Balaban J connectivity index is 1.22. The van der Waals surface area contributed by atoms with Crippen molar-refractivity contribution >= 4 is 67.8 Å². The summed E-state index contributed by atoms with van der Waals surface area (Å²) in [5.74, 6) is 1.15. The summed E-state index contributed by atoms with van der Waals surface area (Å²) in [6, 6.07) is 27.7. The van der Waals surface area contributed by atoms with E-state index < -0.39 is 0 Å². The van der Waals surface area contributed by atoms with E-state index in [1.54, 1.807) is 23.9 Å². The Bertz CT molecular complexity index is 1880. The molecule has 0 saturated heterocycles. The van der Waals surface area contributed by atoms with Crippen molar-refractivity contribution in [2.45, 2.75) is 0 Å². The van der Waals surface area contributed by atoms with Gasteiger partial charge in [0.05, 0.1) is 42.0 Å². The van der Waals surface area contributed by atoms with E-state index in [1.807, 2.05) is 84.9 Å². The molecule has 2 aliphatic heterocycles. The van der Waals surface area contributed by atoms with Crippen LogP contribution in [0, 0.1) is 0 Å². The smallest absolute Gasteiger partial charge is 0.261 e. The van der Waals surface area contributed by atoms with E-state index in [0.29, 0.717) is 22.5 Å². The van der Waals surface area contributed by atoms with E-state index in [4.69, 9.17) is 8.83 Å². The fraction of sp³-hybridized carbons (Fsp3) is 0.0625. The van der Waals surface area contributed by atoms with E-state index in [2.05, 4.69) is 0 Å². The summed E-state index contributed by atoms with van der Waals surface area (Å²) in [5.41, 5.74) is 3.80. The largest absolute Gasteiger partial charge is 0.455 e. The molecule has 6 aromatic rings. The van der Waals surface area contributed by atoms with Crippen LogP contribution in [0.4, 0.5) is 0 Å². The molecule has 0 aliphatic carbocycles. The number of thiophene rings is 2. The second-order valence-corrected chi connectivity index (χ2v) is 12.0. The number of amides is 2. The fourth-order valence-electron chi connectivity index (χ4n) is 5.51. The third-order valence-electron chi connectivity index (χ3n) is 7.45. The van der Waals surface area contributed by atoms with Crippen LogP contribution in [0.15, 0.2) is 105 Å². The van der Waals surface area contributed by atoms with Gasteiger partial charge in [0, 0.05) is 24.9 Å². The van der Waals surface area contributed by atoms with Gasteiger partial charge in [0.2, 0.25) is 0 Å². The zero-order valence-electron chi connectivity index (χ0n) is 21.4. The van der Waals surface area contributed by atoms with Gasteiger partial charge in [-0.15, -0.1) is 22.7 Å². The summed E-state index contributed by atoms with van der Waals surface area (Å²) >= 11 is 3.02. The maximum atomic E-state index is 13.7. The van der Waals surface area contributed by atoms with Crippen molar-refractivity contribution in [3.8, 4) is 21.3 Å². The maximum Gasteiger partial charge on any atom is 0.261 e. The third-order valence-corrected chi connectivity index (χ3v) is 9.66. The molecule has 0 bridgehead atoms. The van der Waals surface area contributed by atoms with Crippen molar-refractivity contribution in [2.75, 3.05) is 14.1 Å². The maximum absolute atomic E-state index is 13.7. The first-order valence-electron chi connectivity index (χ1n) is 12.7. The number of likely N-dealkylation sites (N-methyl/N-ethyl adjacent to an activating group) is 2. The molecule has 2 aromatic carbocycles. The molecule has 6 heterocycles. The van der Waals surface area contributed by atoms with Crippen molar-refractivity contribution in [2.24, 2.45) is 0 Å². The van der Waals surface area contributed by atoms with Crippen molar-refractivity contribution in [3.05, 3.63) is 106 Å². The molecule has 0 N–H and O–H groups in total. The van der Waals surface area contributed by atoms with Crippen LogP contribution in [0.3, 0.4) is 0 Å². The number of hydrogen-bond donors (Lipinski definition) is 0. The standard InChI is InChI=1S/C32H20N2O4S2/c1-33-29(25-13-11-23(39-25)21-15-17-7-3-5-9-19(17)37-21)27-28(31(33)35)30(34(2)32(27)36)26-14-12-24(40-26)22-16-18-8-4-6-10-20(18)38-22/h3-16H,1-2H3. The number of carbonyl (C=O) groups excluding carboxylic acids is 2. The molecule has 0 fully saturated rings. The molecule has 8 rings (SSSR count). The molecule has 194 valence electrons. The first kappa shape index (κ1) is 23.2. The Morgan fingerprint density at radius 3 is 1.38 bits per heavy atom. The molecule has 0 spiro atoms. The highest BCUT2D eigenvalue weighted by Crippen LogP contribution is 2.49. The SMILES string of the molecule is CN1C(=O)C2=C(c3ccc(-c4cc5ccccc5o4)s3)N(C)C(=O)C2=C1c1ccc(-c2cc3ccccc3o2)s1. The predicted molar refractivity (Wildman–Crippen MR) is 158 cm³/mol. The van der Waals surface area contributed by atoms with Crippen molar-refractivity contribution in [1.82, 2.24) is 9.80 Å². The Morgan fingerprint density at radius 2 is 0.950 bits per heavy atom. The van der Waals surface area contributed by atoms with Crippen LogP contribution in [0.1, 0.15) is 9.75 Å². The average Bonchev–Trinajstić information content (AvgIpc) is 3.80. The zero-order valence-corrected chi connectivity index (χ0v) is 23.1. The number of carbonyl (C=O) groups is 2. The van der Waals surface area contributed by atoms with Gasteiger partial charge in [-0.25, -0.2) is 0 Å². The monoisotopic (exact) mass is 560 g/mol. The number of furan rings is 2. The summed E-state index contributed by atoms with van der Waals surface area (Å²) in [6.07, 6.45) is 0. The van der Waals surface area contributed by atoms with Gasteiger partial charge in [-0.1, -0.05) is 36.4 Å². The van der Waals surface area contributed by atoms with Gasteiger partial charge >= 0.3 is 0 Å². The van der Waals surface area contributed by atoms with Gasteiger partial charge in [0.15, 0.2) is 0 Å². The highest BCUT2D eigenvalue weighted by molar-refractivity contribution is 7.17. The van der Waals surface area contributed by atoms with Crippen LogP contribution < -0.4 is 0 Å². The number of benzene rings is 2. The molecule has 0 radical (unpaired) electrons. The Labute approximate surface area is 236 Å². The minimum Gasteiger partial charge on any atom is -0.455 e. The molecule has 8 heteroatoms. The average molecular weight is 561 g/mol. The van der Waals surface area contributed by atoms with Crippen LogP contribution in [0.5, 0.6) is 0 Å². The minimum absolute atomic E-state index is 0.185. The zero-order chi connectivity index (χ0) is 27.1. The number of nitrogens with zero attached hydrogens (tertiary/aromatic N) is 2. The first-order chi connectivity index (χ1) is 19.5. The molecule has 6 nitrogen and oxygen atoms in total. The van der Waals surface area contributed by atoms with Crippen LogP contribution in [0.25, 0.3) is 54.6 Å². The van der Waals surface area contributed by atoms with Crippen LogP contribution in [0.2, 0.25) is 0 Å². The number of para-hydroxylation sites is 2. The van der Waals surface area contributed by atoms with Gasteiger partial charge in [-0.3, -0.25) is 9.59 Å². The lowest BCUT2D eigenvalue weighted by molar-refractivity contribution is -0.123. The molecular formula is C32H20N2O4S2. The summed E-state index contributed by atoms with van der Waals surface area (Å²) < 4.78 is 12.1. The van der Waals surface area contributed by atoms with Crippen molar-refractivity contribution in [1.29, 1.82) is 0 Å². The van der Waals surface area contributed by atoms with E-state index >= 15 is 0 Å². The number of rotatable bonds is 4. The molecule has 2 amide bonds. The predicted octanol–water partition coefficient (Wildman–Crippen LogP) is 7.70. The van der Waals surface area contributed by atoms with Gasteiger partial charge in [-0.2, -0.15) is 0 Å². The minimum atomic E-state index is -0.185. The third kappa shape index (κ3) is 3.27. The Morgan fingerprint density at radius 1 is 0.550 bits per heavy atom. The Hall–Kier alpha value is -4.66. The molecule has 4 aromatic heterocycles. The van der Waals surface area contributed by atoms with Gasteiger partial charge in [-0.05, 0) is 48.5 Å². The van der Waals surface area contributed by atoms with Crippen molar-refractivity contribution in [3.63, 3.8) is 0 Å². The molecule has 0 atom stereocenters. The normalized spacial score (nSPS) is 15.6. The molecule has 0 unspecified atom stereocenters. The molecule has 40 heavy (non-hydrogen) atoms. The topological polar surface area (TPSA) is 66.9 Å². The van der Waals surface area contributed by atoms with Crippen LogP contribution >= 0.6 is 22.7 Å². The number of hydrogen-bond acceptors (Lipinski definition) is 6. The lowest BCUT2D eigenvalue weighted by Crippen LogP contribution is -2.24. The summed E-state index contributed by atoms with van der Waals surface area (Å²) in [7, 11) is 3.46. The number of fused-ring (bicyclic) bond motifs is 3. The van der Waals surface area contributed by atoms with Gasteiger partial charge in [0.25, 0.3) is 11.8 Å². The molecular weight excluding hydrogens is 540 g/mol. The van der Waals surface area contributed by atoms with Crippen LogP contribution in [-0.2, 0) is 9.59 Å². The highest BCUT2D eigenvalue weighted by Gasteiger charge is 2.47. The molecule has 2 aliphatic rings. The summed E-state index contributed by atoms with van der Waals surface area (Å²) in [6.45, 7) is 0. The quantitative estimate of drug-likeness (QED) is 0.222. The Kier molecular flexibility index (Phi) is 4.89. The summed E-state index contributed by atoms with van der Waals surface area (Å²) in [5, 5.41) is 2.06. The lowest BCUT2D eigenvalue weighted by Gasteiger charge is -2.18. The van der Waals surface area contributed by atoms with E-state index in [9.17, 15) is 9.59 Å². The second kappa shape index (κ2) is 8.42. The highest BCUT2D eigenvalue weighted by atomic mass is 32.1. The first-order valence-corrected chi connectivity index (χ1v) is 14.3. The fourth-order valence-corrected chi connectivity index (χ4v) is 7.60. The van der Waals surface area contributed by atoms with Gasteiger partial charge in [0.1, 0.15) is 22.7 Å².